The summed E-state index contributed by atoms with van der Waals surface area (Å²) in [5, 5.41) is 6.39. The van der Waals surface area contributed by atoms with Crippen LogP contribution in [-0.4, -0.2) is 23.6 Å². The van der Waals surface area contributed by atoms with Crippen LogP contribution in [-0.2, 0) is 16.4 Å². The fourth-order valence-electron chi connectivity index (χ4n) is 1.49. The van der Waals surface area contributed by atoms with Gasteiger partial charge in [-0.1, -0.05) is 6.92 Å². The number of nitrogens with one attached hydrogen (secondary N) is 2. The van der Waals surface area contributed by atoms with Crippen LogP contribution in [0.15, 0.2) is 29.4 Å². The van der Waals surface area contributed by atoms with E-state index < -0.39 is 10.0 Å². The Morgan fingerprint density at radius 2 is 2.28 bits per heavy atom. The summed E-state index contributed by atoms with van der Waals surface area (Å²) in [4.78, 5) is 3.70. The topological polar surface area (TPSA) is 114 Å². The van der Waals surface area contributed by atoms with Gasteiger partial charge in [0.05, 0.1) is 6.20 Å². The maximum Gasteiger partial charge on any atom is 0.266 e. The van der Waals surface area contributed by atoms with Gasteiger partial charge in [-0.2, -0.15) is 5.10 Å². The Morgan fingerprint density at radius 1 is 1.50 bits per heavy atom. The van der Waals surface area contributed by atoms with Gasteiger partial charge in [0.15, 0.2) is 0 Å². The number of aromatic amines is 1. The van der Waals surface area contributed by atoms with Crippen LogP contribution >= 0.6 is 0 Å². The third kappa shape index (κ3) is 2.28. The van der Waals surface area contributed by atoms with Gasteiger partial charge in [0.25, 0.3) is 10.0 Å². The first-order valence-corrected chi connectivity index (χ1v) is 6.78. The summed E-state index contributed by atoms with van der Waals surface area (Å²) in [6, 6.07) is 2.91. The highest BCUT2D eigenvalue weighted by molar-refractivity contribution is 7.92. The molecule has 2 rings (SSSR count). The zero-order chi connectivity index (χ0) is 13.2. The second-order valence-electron chi connectivity index (χ2n) is 3.62. The van der Waals surface area contributed by atoms with E-state index in [1.54, 1.807) is 6.20 Å². The molecule has 0 saturated heterocycles. The lowest BCUT2D eigenvalue weighted by molar-refractivity contribution is 0.601. The average molecular weight is 267 g/mol. The van der Waals surface area contributed by atoms with E-state index in [0.717, 1.165) is 5.56 Å². The number of nitrogens with two attached hydrogens (primary N) is 1. The van der Waals surface area contributed by atoms with E-state index in [1.807, 2.05) is 6.92 Å². The lowest BCUT2D eigenvalue weighted by Gasteiger charge is -2.08. The fraction of sp³-hybridized carbons (Fsp3) is 0.200. The zero-order valence-corrected chi connectivity index (χ0v) is 10.5. The number of hydrogen-bond acceptors (Lipinski definition) is 5. The Labute approximate surface area is 104 Å². The number of rotatable bonds is 4. The molecule has 0 saturated carbocycles. The number of H-pyrrole nitrogens is 1. The molecule has 8 heteroatoms. The number of sulfonamides is 1. The summed E-state index contributed by atoms with van der Waals surface area (Å²) in [5.41, 5.74) is 6.33. The quantitative estimate of drug-likeness (QED) is 0.756. The molecule has 2 aromatic heterocycles. The molecule has 96 valence electrons. The van der Waals surface area contributed by atoms with Crippen molar-refractivity contribution >= 4 is 21.7 Å². The Morgan fingerprint density at radius 3 is 2.94 bits per heavy atom. The zero-order valence-electron chi connectivity index (χ0n) is 9.71. The lowest BCUT2D eigenvalue weighted by atomic mass is 10.3. The van der Waals surface area contributed by atoms with E-state index >= 15 is 0 Å². The minimum atomic E-state index is -3.76. The first-order chi connectivity index (χ1) is 8.54. The van der Waals surface area contributed by atoms with E-state index in [2.05, 4.69) is 19.9 Å². The molecule has 2 heterocycles. The summed E-state index contributed by atoms with van der Waals surface area (Å²) < 4.78 is 26.6. The molecule has 18 heavy (non-hydrogen) atoms. The van der Waals surface area contributed by atoms with Crippen LogP contribution in [0.5, 0.6) is 0 Å². The highest BCUT2D eigenvalue weighted by atomic mass is 32.2. The molecule has 0 aromatic carbocycles. The second kappa shape index (κ2) is 4.65. The van der Waals surface area contributed by atoms with Crippen molar-refractivity contribution in [2.75, 3.05) is 10.5 Å². The van der Waals surface area contributed by atoms with Crippen molar-refractivity contribution in [2.45, 2.75) is 18.2 Å². The van der Waals surface area contributed by atoms with Gasteiger partial charge in [-0.3, -0.25) is 9.82 Å². The highest BCUT2D eigenvalue weighted by Crippen LogP contribution is 2.20. The van der Waals surface area contributed by atoms with Gasteiger partial charge in [-0.15, -0.1) is 0 Å². The molecule has 0 bridgehead atoms. The number of aromatic nitrogens is 3. The third-order valence-corrected chi connectivity index (χ3v) is 3.82. The summed E-state index contributed by atoms with van der Waals surface area (Å²) in [5.74, 6) is 0.309. The van der Waals surface area contributed by atoms with Crippen LogP contribution < -0.4 is 10.5 Å². The Balaban J connectivity index is 2.37. The molecule has 0 atom stereocenters. The van der Waals surface area contributed by atoms with Crippen LogP contribution in [0.3, 0.4) is 0 Å². The van der Waals surface area contributed by atoms with Crippen molar-refractivity contribution in [1.82, 2.24) is 15.2 Å². The highest BCUT2D eigenvalue weighted by Gasteiger charge is 2.19. The van der Waals surface area contributed by atoms with Gasteiger partial charge in [-0.05, 0) is 18.6 Å². The predicted octanol–water partition coefficient (Wildman–Crippen LogP) is 0.750. The van der Waals surface area contributed by atoms with Crippen LogP contribution in [0.25, 0.3) is 0 Å². The molecule has 2 aromatic rings. The van der Waals surface area contributed by atoms with Crippen molar-refractivity contribution in [3.63, 3.8) is 0 Å². The Kier molecular flexibility index (Phi) is 3.19. The Hall–Kier alpha value is -2.09. The van der Waals surface area contributed by atoms with E-state index in [1.165, 1.54) is 18.3 Å². The standard InChI is InChI=1S/C10H13N5O2S/c1-2-7-6-13-14-10(7)15-18(16,17)8-4-3-5-12-9(8)11/h3-6H,2H2,1H3,(H2,11,12)(H2,13,14,15). The Bertz CT molecular complexity index is 650. The maximum absolute atomic E-state index is 12.1. The average Bonchev–Trinajstić information content (AvgIpc) is 2.76. The summed E-state index contributed by atoms with van der Waals surface area (Å²) in [7, 11) is -3.76. The van der Waals surface area contributed by atoms with E-state index in [4.69, 9.17) is 5.73 Å². The summed E-state index contributed by atoms with van der Waals surface area (Å²) >= 11 is 0. The maximum atomic E-state index is 12.1. The molecule has 0 amide bonds. The van der Waals surface area contributed by atoms with Crippen molar-refractivity contribution in [1.29, 1.82) is 0 Å². The first-order valence-electron chi connectivity index (χ1n) is 5.30. The molecule has 7 nitrogen and oxygen atoms in total. The van der Waals surface area contributed by atoms with Crippen LogP contribution in [0.2, 0.25) is 0 Å². The van der Waals surface area contributed by atoms with Gasteiger partial charge in [0.1, 0.15) is 16.5 Å². The second-order valence-corrected chi connectivity index (χ2v) is 5.27. The van der Waals surface area contributed by atoms with Gasteiger partial charge < -0.3 is 5.73 Å². The van der Waals surface area contributed by atoms with E-state index in [9.17, 15) is 8.42 Å². The molecule has 4 N–H and O–H groups in total. The molecule has 0 aliphatic rings. The van der Waals surface area contributed by atoms with Gasteiger partial charge in [0, 0.05) is 11.8 Å². The number of nitrogen functional groups attached to an aromatic ring is 1. The molecule has 0 fully saturated rings. The smallest absolute Gasteiger partial charge is 0.266 e. The van der Waals surface area contributed by atoms with Crippen molar-refractivity contribution < 1.29 is 8.42 Å². The molecule has 0 radical (unpaired) electrons. The van der Waals surface area contributed by atoms with Crippen molar-refractivity contribution in [3.8, 4) is 0 Å². The fourth-order valence-corrected chi connectivity index (χ4v) is 2.63. The number of hydrogen-bond donors (Lipinski definition) is 3. The minimum Gasteiger partial charge on any atom is -0.383 e. The van der Waals surface area contributed by atoms with E-state index in [0.29, 0.717) is 12.2 Å². The predicted molar refractivity (Wildman–Crippen MR) is 67.4 cm³/mol. The normalized spacial score (nSPS) is 11.4. The summed E-state index contributed by atoms with van der Waals surface area (Å²) in [6.45, 7) is 1.90. The van der Waals surface area contributed by atoms with Gasteiger partial charge >= 0.3 is 0 Å². The van der Waals surface area contributed by atoms with Crippen molar-refractivity contribution in [3.05, 3.63) is 30.1 Å². The molecule has 0 aliphatic carbocycles. The number of aryl methyl sites for hydroxylation is 1. The minimum absolute atomic E-state index is 0.0393. The molecule has 0 aliphatic heterocycles. The number of anilines is 2. The third-order valence-electron chi connectivity index (χ3n) is 2.42. The van der Waals surface area contributed by atoms with E-state index in [-0.39, 0.29) is 10.7 Å². The monoisotopic (exact) mass is 267 g/mol. The van der Waals surface area contributed by atoms with Crippen LogP contribution in [0.4, 0.5) is 11.6 Å². The molecule has 0 spiro atoms. The van der Waals surface area contributed by atoms with Crippen molar-refractivity contribution in [2.24, 2.45) is 0 Å². The number of pyridine rings is 1. The lowest BCUT2D eigenvalue weighted by Crippen LogP contribution is -2.16. The molecular formula is C10H13N5O2S. The SMILES string of the molecule is CCc1cn[nH]c1NS(=O)(=O)c1cccnc1N. The molecule has 0 unspecified atom stereocenters. The largest absolute Gasteiger partial charge is 0.383 e. The molecular weight excluding hydrogens is 254 g/mol. The van der Waals surface area contributed by atoms with Gasteiger partial charge in [-0.25, -0.2) is 13.4 Å². The summed E-state index contributed by atoms with van der Waals surface area (Å²) in [6.07, 6.45) is 3.67. The van der Waals surface area contributed by atoms with Gasteiger partial charge in [0.2, 0.25) is 0 Å². The first kappa shape index (κ1) is 12.4. The number of nitrogens with zero attached hydrogens (tertiary/aromatic N) is 2. The van der Waals surface area contributed by atoms with Crippen LogP contribution in [0, 0.1) is 0 Å². The van der Waals surface area contributed by atoms with Crippen LogP contribution in [0.1, 0.15) is 12.5 Å².